The molecule has 0 aliphatic carbocycles. The molecule has 4 rings (SSSR count). The molecule has 4 heterocycles. The van der Waals surface area contributed by atoms with Crippen molar-refractivity contribution in [1.82, 2.24) is 15.3 Å². The van der Waals surface area contributed by atoms with E-state index in [4.69, 9.17) is 0 Å². The van der Waals surface area contributed by atoms with Gasteiger partial charge in [-0.15, -0.1) is 0 Å². The van der Waals surface area contributed by atoms with Gasteiger partial charge < -0.3 is 25.5 Å². The van der Waals surface area contributed by atoms with Gasteiger partial charge in [0, 0.05) is 58.8 Å². The number of allylic oxidation sites excluding steroid dienone is 1. The van der Waals surface area contributed by atoms with Crippen LogP contribution in [0.25, 0.3) is 12.2 Å². The molecular weight excluding hydrogens is 580 g/mol. The first-order valence-corrected chi connectivity index (χ1v) is 15.4. The molecule has 2 amide bonds. The number of rotatable bonds is 12. The number of carbonyl (C=O) groups is 4. The summed E-state index contributed by atoms with van der Waals surface area (Å²) in [5.74, 6) is -2.41. The molecule has 1 unspecified atom stereocenters. The molecule has 2 aromatic heterocycles. The van der Waals surface area contributed by atoms with Crippen molar-refractivity contribution in [3.8, 4) is 0 Å². The van der Waals surface area contributed by atoms with Gasteiger partial charge in [-0.3, -0.25) is 19.2 Å². The van der Waals surface area contributed by atoms with Gasteiger partial charge in [0.25, 0.3) is 5.91 Å². The number of amides is 2. The van der Waals surface area contributed by atoms with Crippen LogP contribution in [0.15, 0.2) is 27.6 Å². The van der Waals surface area contributed by atoms with Crippen LogP contribution in [0, 0.1) is 25.7 Å². The Labute approximate surface area is 261 Å². The Morgan fingerprint density at radius 1 is 0.977 bits per heavy atom. The lowest BCUT2D eigenvalue weighted by molar-refractivity contribution is -0.138. The molecule has 10 nitrogen and oxygen atoms in total. The Morgan fingerprint density at radius 2 is 1.64 bits per heavy atom. The highest BCUT2D eigenvalue weighted by Gasteiger charge is 2.36. The maximum atomic E-state index is 12.5. The van der Waals surface area contributed by atoms with Crippen molar-refractivity contribution in [1.29, 1.82) is 0 Å². The second-order valence-corrected chi connectivity index (χ2v) is 11.8. The van der Waals surface area contributed by atoms with E-state index in [0.717, 1.165) is 38.9 Å². The first-order valence-electron chi connectivity index (χ1n) is 14.8. The summed E-state index contributed by atoms with van der Waals surface area (Å²) in [6, 6.07) is -0.275. The maximum absolute atomic E-state index is 12.5. The lowest BCUT2D eigenvalue weighted by Gasteiger charge is -2.13. The summed E-state index contributed by atoms with van der Waals surface area (Å²) in [5.41, 5.74) is 7.26. The molecule has 234 valence electrons. The molecule has 2 aromatic rings. The highest BCUT2D eigenvalue weighted by atomic mass is 32.1. The lowest BCUT2D eigenvalue weighted by Crippen LogP contribution is -2.29. The van der Waals surface area contributed by atoms with Crippen LogP contribution < -0.4 is 16.0 Å². The molecule has 0 aromatic carbocycles. The molecule has 5 N–H and O–H groups in total. The van der Waals surface area contributed by atoms with Gasteiger partial charge in [-0.2, -0.15) is 12.6 Å². The van der Waals surface area contributed by atoms with Gasteiger partial charge in [0.1, 0.15) is 0 Å². The summed E-state index contributed by atoms with van der Waals surface area (Å²) in [5, 5.41) is 25.1. The summed E-state index contributed by atoms with van der Waals surface area (Å²) in [6.07, 6.45) is 7.19. The molecule has 0 bridgehead atoms. The van der Waals surface area contributed by atoms with Crippen LogP contribution in [0.1, 0.15) is 73.7 Å². The minimum Gasteiger partial charge on any atom is -0.481 e. The fourth-order valence-corrected chi connectivity index (χ4v) is 6.40. The number of thiol groups is 1. The monoisotopic (exact) mass is 620 g/mol. The highest BCUT2D eigenvalue weighted by Crippen LogP contribution is 2.27. The first-order chi connectivity index (χ1) is 20.9. The van der Waals surface area contributed by atoms with Crippen molar-refractivity contribution >= 4 is 54.2 Å². The molecule has 0 radical (unpaired) electrons. The minimum absolute atomic E-state index is 0.0491. The molecule has 2 aliphatic rings. The van der Waals surface area contributed by atoms with Crippen molar-refractivity contribution < 1.29 is 29.4 Å². The van der Waals surface area contributed by atoms with Gasteiger partial charge in [-0.1, -0.05) is 19.9 Å². The molecule has 0 spiro atoms. The van der Waals surface area contributed by atoms with Crippen LogP contribution >= 0.6 is 12.6 Å². The fourth-order valence-electron chi connectivity index (χ4n) is 6.20. The SMILES string of the molecule is CCC1=C(C)C(Cc2[nH]c(/C=c3\[nH]/c(=C/C4NC(=O)[C@H](C)[C@H]4/C=C/S)c(C)c3CCC(=O)O)c(CCC(=O)O)c2C)=NC1=O. The second kappa shape index (κ2) is 13.7. The topological polar surface area (TPSA) is 165 Å². The van der Waals surface area contributed by atoms with Crippen LogP contribution in [0.3, 0.4) is 0 Å². The summed E-state index contributed by atoms with van der Waals surface area (Å²) in [6.45, 7) is 9.56. The quantitative estimate of drug-likeness (QED) is 0.200. The maximum Gasteiger partial charge on any atom is 0.303 e. The third-order valence-electron chi connectivity index (χ3n) is 8.88. The Balaban J connectivity index is 1.85. The summed E-state index contributed by atoms with van der Waals surface area (Å²) in [7, 11) is 0. The van der Waals surface area contributed by atoms with Crippen molar-refractivity contribution in [2.45, 2.75) is 79.2 Å². The predicted octanol–water partition coefficient (Wildman–Crippen LogP) is 3.05. The molecule has 0 saturated carbocycles. The van der Waals surface area contributed by atoms with Gasteiger partial charge in [0.05, 0.1) is 11.8 Å². The number of carbonyl (C=O) groups excluding carboxylic acids is 2. The van der Waals surface area contributed by atoms with Gasteiger partial charge in [0.15, 0.2) is 0 Å². The zero-order valence-electron chi connectivity index (χ0n) is 25.7. The number of aliphatic imine (C=N–C) groups is 1. The molecule has 1 fully saturated rings. The van der Waals surface area contributed by atoms with E-state index >= 15 is 0 Å². The lowest BCUT2D eigenvalue weighted by atomic mass is 9.91. The highest BCUT2D eigenvalue weighted by molar-refractivity contribution is 7.83. The van der Waals surface area contributed by atoms with Gasteiger partial charge in [-0.05, 0) is 85.4 Å². The second-order valence-electron chi connectivity index (χ2n) is 11.5. The number of hydrogen-bond donors (Lipinski definition) is 6. The predicted molar refractivity (Wildman–Crippen MR) is 172 cm³/mol. The fraction of sp³-hybridized carbons (Fsp3) is 0.424. The Morgan fingerprint density at radius 3 is 2.23 bits per heavy atom. The molecule has 2 aliphatic heterocycles. The zero-order chi connectivity index (χ0) is 32.3. The summed E-state index contributed by atoms with van der Waals surface area (Å²) in [4.78, 5) is 59.1. The number of aliphatic carboxylic acids is 2. The molecule has 1 saturated heterocycles. The van der Waals surface area contributed by atoms with E-state index in [2.05, 4.69) is 32.9 Å². The van der Waals surface area contributed by atoms with E-state index in [9.17, 15) is 29.4 Å². The Kier molecular flexibility index (Phi) is 10.2. The average Bonchev–Trinajstić information content (AvgIpc) is 3.60. The number of aromatic nitrogens is 2. The van der Waals surface area contributed by atoms with Crippen LogP contribution in [-0.4, -0.2) is 55.7 Å². The van der Waals surface area contributed by atoms with Crippen molar-refractivity contribution in [3.63, 3.8) is 0 Å². The van der Waals surface area contributed by atoms with Gasteiger partial charge >= 0.3 is 11.9 Å². The molecule has 3 atom stereocenters. The number of nitrogens with zero attached hydrogens (tertiary/aromatic N) is 1. The van der Waals surface area contributed by atoms with E-state index in [-0.39, 0.29) is 55.4 Å². The third-order valence-corrected chi connectivity index (χ3v) is 9.05. The third kappa shape index (κ3) is 6.83. The Hall–Kier alpha value is -4.12. The number of aromatic amines is 2. The van der Waals surface area contributed by atoms with E-state index in [0.29, 0.717) is 35.2 Å². The van der Waals surface area contributed by atoms with Crippen molar-refractivity contribution in [2.75, 3.05) is 0 Å². The smallest absolute Gasteiger partial charge is 0.303 e. The number of H-pyrrole nitrogens is 2. The van der Waals surface area contributed by atoms with Crippen LogP contribution in [0.2, 0.25) is 0 Å². The first kappa shape index (κ1) is 32.8. The van der Waals surface area contributed by atoms with Gasteiger partial charge in [-0.25, -0.2) is 4.99 Å². The van der Waals surface area contributed by atoms with Crippen molar-refractivity contribution in [2.24, 2.45) is 16.8 Å². The normalized spacial score (nSPS) is 21.2. The molecular formula is C33H40N4O6S. The Bertz CT molecular complexity index is 1720. The number of carboxylic acids is 2. The van der Waals surface area contributed by atoms with Crippen LogP contribution in [-0.2, 0) is 38.4 Å². The number of hydrogen-bond acceptors (Lipinski definition) is 5. The zero-order valence-corrected chi connectivity index (χ0v) is 26.6. The number of carboxylic acid groups (broad SMARTS) is 2. The summed E-state index contributed by atoms with van der Waals surface area (Å²) < 4.78 is 0. The van der Waals surface area contributed by atoms with Gasteiger partial charge in [0.2, 0.25) is 5.91 Å². The van der Waals surface area contributed by atoms with Crippen LogP contribution in [0.4, 0.5) is 0 Å². The van der Waals surface area contributed by atoms with E-state index in [1.54, 1.807) is 5.41 Å². The van der Waals surface area contributed by atoms with E-state index < -0.39 is 11.9 Å². The van der Waals surface area contributed by atoms with E-state index in [1.165, 1.54) is 0 Å². The van der Waals surface area contributed by atoms with E-state index in [1.807, 2.05) is 52.8 Å². The average molecular weight is 621 g/mol. The minimum atomic E-state index is -0.917. The largest absolute Gasteiger partial charge is 0.481 e. The number of nitrogens with one attached hydrogen (secondary N) is 3. The van der Waals surface area contributed by atoms with Crippen molar-refractivity contribution in [3.05, 3.63) is 67.0 Å². The standard InChI is InChI=1S/C33H40N4O6S/c1-6-20-16(2)26(36-33(20)43)13-24-17(3)21(7-9-30(38)39)27(34-24)15-28-22(8-10-31(40)41)18(4)25(35-28)14-29-23(11-12-44)19(5)32(42)37-29/h11-12,14-15,19,23,29,34-35,44H,6-10,13H2,1-5H3,(H,37,42)(H,38,39)(H,40,41)/b12-11+,25-14+,28-15-/t19-,23-,29?/m1/s1. The molecule has 11 heteroatoms. The summed E-state index contributed by atoms with van der Waals surface area (Å²) >= 11 is 4.21. The molecule has 44 heavy (non-hydrogen) atoms. The van der Waals surface area contributed by atoms with Crippen LogP contribution in [0.5, 0.6) is 0 Å².